The quantitative estimate of drug-likeness (QED) is 0.726. The van der Waals surface area contributed by atoms with Gasteiger partial charge >= 0.3 is 0 Å². The Hall–Kier alpha value is -0.800. The number of nitrogens with zero attached hydrogens (tertiary/aromatic N) is 2. The molecule has 0 unspecified atom stereocenters. The maximum absolute atomic E-state index is 12.9. The van der Waals surface area contributed by atoms with Gasteiger partial charge < -0.3 is 9.64 Å². The molecule has 2 atom stereocenters. The first-order valence-electron chi connectivity index (χ1n) is 7.42. The zero-order valence-electron chi connectivity index (χ0n) is 12.4. The Balaban J connectivity index is 1.69. The van der Waals surface area contributed by atoms with Crippen molar-refractivity contribution >= 4 is 15.9 Å². The minimum atomic E-state index is -3.38. The summed E-state index contributed by atoms with van der Waals surface area (Å²) in [7, 11) is -3.38. The van der Waals surface area contributed by atoms with Gasteiger partial charge in [0.05, 0.1) is 25.0 Å². The van der Waals surface area contributed by atoms with Crippen molar-refractivity contribution in [1.29, 1.82) is 0 Å². The fourth-order valence-electron chi connectivity index (χ4n) is 3.55. The average molecular weight is 338 g/mol. The number of amides is 1. The predicted octanol–water partition coefficient (Wildman–Crippen LogP) is 0.293. The second kappa shape index (κ2) is 5.38. The number of hydrogen-bond acceptors (Lipinski definition) is 4. The van der Waals surface area contributed by atoms with Gasteiger partial charge in [-0.25, -0.2) is 17.2 Å². The molecule has 0 aromatic carbocycles. The highest BCUT2D eigenvalue weighted by Crippen LogP contribution is 2.43. The highest BCUT2D eigenvalue weighted by atomic mass is 32.2. The summed E-state index contributed by atoms with van der Waals surface area (Å²) in [6.45, 7) is 1.26. The lowest BCUT2D eigenvalue weighted by atomic mass is 9.80. The second-order valence-electron chi connectivity index (χ2n) is 6.38. The minimum absolute atomic E-state index is 0.221. The van der Waals surface area contributed by atoms with Gasteiger partial charge in [-0.15, -0.1) is 0 Å². The fourth-order valence-corrected chi connectivity index (χ4v) is 4.65. The number of carbonyl (C=O) groups excluding carboxylic acids is 1. The molecule has 3 rings (SSSR count). The highest BCUT2D eigenvalue weighted by molar-refractivity contribution is 7.88. The van der Waals surface area contributed by atoms with Crippen LogP contribution in [-0.2, 0) is 19.6 Å². The van der Waals surface area contributed by atoms with Gasteiger partial charge in [0.1, 0.15) is 0 Å². The molecule has 0 spiro atoms. The van der Waals surface area contributed by atoms with E-state index in [0.29, 0.717) is 19.6 Å². The lowest BCUT2D eigenvalue weighted by Crippen LogP contribution is -2.63. The molecule has 0 radical (unpaired) electrons. The smallest absolute Gasteiger partial charge is 0.249 e. The molecule has 1 aliphatic carbocycles. The summed E-state index contributed by atoms with van der Waals surface area (Å²) in [4.78, 5) is 13.8. The monoisotopic (exact) mass is 338 g/mol. The molecule has 3 fully saturated rings. The number of sulfonamides is 1. The van der Waals surface area contributed by atoms with Gasteiger partial charge in [0.15, 0.2) is 0 Å². The molecule has 1 saturated carbocycles. The van der Waals surface area contributed by atoms with Gasteiger partial charge in [0, 0.05) is 38.4 Å². The SMILES string of the molecule is CS(=O)(=O)N1CCO[C@H]2CCN(C(=O)C3CC(F)(F)C3)C[C@@H]21. The summed E-state index contributed by atoms with van der Waals surface area (Å²) >= 11 is 0. The first-order chi connectivity index (χ1) is 10.2. The Morgan fingerprint density at radius 1 is 1.27 bits per heavy atom. The maximum atomic E-state index is 12.9. The van der Waals surface area contributed by atoms with Crippen molar-refractivity contribution in [3.63, 3.8) is 0 Å². The van der Waals surface area contributed by atoms with E-state index >= 15 is 0 Å². The molecule has 3 aliphatic rings. The molecule has 0 aromatic heterocycles. The third-order valence-electron chi connectivity index (χ3n) is 4.71. The molecule has 6 nitrogen and oxygen atoms in total. The largest absolute Gasteiger partial charge is 0.375 e. The van der Waals surface area contributed by atoms with Crippen LogP contribution in [0.4, 0.5) is 8.78 Å². The van der Waals surface area contributed by atoms with E-state index in [0.717, 1.165) is 6.26 Å². The third kappa shape index (κ3) is 2.98. The van der Waals surface area contributed by atoms with Crippen LogP contribution in [0.5, 0.6) is 0 Å². The van der Waals surface area contributed by atoms with Gasteiger partial charge in [-0.2, -0.15) is 4.31 Å². The van der Waals surface area contributed by atoms with E-state index in [1.165, 1.54) is 9.21 Å². The summed E-state index contributed by atoms with van der Waals surface area (Å²) in [6.07, 6.45) is 0.648. The van der Waals surface area contributed by atoms with Crippen molar-refractivity contribution in [3.8, 4) is 0 Å². The van der Waals surface area contributed by atoms with Gasteiger partial charge in [-0.3, -0.25) is 4.79 Å². The molecule has 0 bridgehead atoms. The van der Waals surface area contributed by atoms with E-state index in [9.17, 15) is 22.0 Å². The number of fused-ring (bicyclic) bond motifs is 1. The van der Waals surface area contributed by atoms with Crippen molar-refractivity contribution in [3.05, 3.63) is 0 Å². The zero-order valence-corrected chi connectivity index (χ0v) is 13.2. The predicted molar refractivity (Wildman–Crippen MR) is 73.9 cm³/mol. The van der Waals surface area contributed by atoms with Crippen molar-refractivity contribution in [2.75, 3.05) is 32.5 Å². The lowest BCUT2D eigenvalue weighted by Gasteiger charge is -2.47. The van der Waals surface area contributed by atoms with Crippen LogP contribution in [0.15, 0.2) is 0 Å². The topological polar surface area (TPSA) is 66.9 Å². The van der Waals surface area contributed by atoms with Crippen molar-refractivity contribution < 1.29 is 26.7 Å². The van der Waals surface area contributed by atoms with Crippen LogP contribution in [0, 0.1) is 5.92 Å². The Kier molecular flexibility index (Phi) is 3.93. The van der Waals surface area contributed by atoms with Crippen molar-refractivity contribution in [1.82, 2.24) is 9.21 Å². The van der Waals surface area contributed by atoms with E-state index in [4.69, 9.17) is 4.74 Å². The molecule has 9 heteroatoms. The number of halogens is 2. The molecular weight excluding hydrogens is 318 g/mol. The van der Waals surface area contributed by atoms with E-state index in [1.54, 1.807) is 0 Å². The third-order valence-corrected chi connectivity index (χ3v) is 6.02. The Bertz CT molecular complexity index is 560. The first kappa shape index (κ1) is 16.1. The van der Waals surface area contributed by atoms with Gasteiger partial charge in [0.25, 0.3) is 0 Å². The van der Waals surface area contributed by atoms with Crippen LogP contribution in [0.2, 0.25) is 0 Å². The molecule has 0 N–H and O–H groups in total. The molecule has 1 amide bonds. The van der Waals surface area contributed by atoms with E-state index < -0.39 is 40.7 Å². The Morgan fingerprint density at radius 2 is 1.95 bits per heavy atom. The standard InChI is InChI=1S/C13H20F2N2O4S/c1-22(19,20)17-4-5-21-11-2-3-16(8-10(11)17)12(18)9-6-13(14,15)7-9/h9-11H,2-8H2,1H3/t10-,11-/m0/s1. The van der Waals surface area contributed by atoms with E-state index in [1.807, 2.05) is 0 Å². The summed E-state index contributed by atoms with van der Waals surface area (Å²) in [5, 5.41) is 0. The number of hydrogen-bond donors (Lipinski definition) is 0. The normalized spacial score (nSPS) is 33.1. The number of ether oxygens (including phenoxy) is 1. The minimum Gasteiger partial charge on any atom is -0.375 e. The number of likely N-dealkylation sites (tertiary alicyclic amines) is 1. The average Bonchev–Trinajstić information content (AvgIpc) is 2.41. The van der Waals surface area contributed by atoms with Crippen LogP contribution in [0.25, 0.3) is 0 Å². The summed E-state index contributed by atoms with van der Waals surface area (Å²) in [5.74, 6) is -3.66. The Morgan fingerprint density at radius 3 is 2.55 bits per heavy atom. The summed E-state index contributed by atoms with van der Waals surface area (Å²) in [5.41, 5.74) is 0. The number of morpholine rings is 1. The molecule has 2 heterocycles. The number of piperidine rings is 1. The molecule has 22 heavy (non-hydrogen) atoms. The molecular formula is C13H20F2N2O4S. The molecule has 126 valence electrons. The Labute approximate surface area is 128 Å². The molecule has 0 aromatic rings. The number of carbonyl (C=O) groups is 1. The van der Waals surface area contributed by atoms with Crippen LogP contribution >= 0.6 is 0 Å². The second-order valence-corrected chi connectivity index (χ2v) is 8.32. The summed E-state index contributed by atoms with van der Waals surface area (Å²) in [6, 6.07) is -0.415. The fraction of sp³-hybridized carbons (Fsp3) is 0.923. The number of rotatable bonds is 2. The van der Waals surface area contributed by atoms with Crippen molar-refractivity contribution in [2.45, 2.75) is 37.3 Å². The molecule has 2 aliphatic heterocycles. The van der Waals surface area contributed by atoms with Gasteiger partial charge in [-0.05, 0) is 6.42 Å². The van der Waals surface area contributed by atoms with Crippen LogP contribution in [0.3, 0.4) is 0 Å². The first-order valence-corrected chi connectivity index (χ1v) is 9.27. The van der Waals surface area contributed by atoms with Crippen molar-refractivity contribution in [2.24, 2.45) is 5.92 Å². The van der Waals surface area contributed by atoms with Crippen LogP contribution in [-0.4, -0.2) is 74.1 Å². The van der Waals surface area contributed by atoms with Crippen LogP contribution < -0.4 is 0 Å². The van der Waals surface area contributed by atoms with Gasteiger partial charge in [0.2, 0.25) is 21.9 Å². The zero-order chi connectivity index (χ0) is 16.1. The van der Waals surface area contributed by atoms with Crippen LogP contribution in [0.1, 0.15) is 19.3 Å². The maximum Gasteiger partial charge on any atom is 0.249 e. The number of alkyl halides is 2. The summed E-state index contributed by atoms with van der Waals surface area (Å²) < 4.78 is 56.6. The highest BCUT2D eigenvalue weighted by Gasteiger charge is 2.51. The lowest BCUT2D eigenvalue weighted by molar-refractivity contribution is -0.165. The van der Waals surface area contributed by atoms with E-state index in [-0.39, 0.29) is 25.1 Å². The van der Waals surface area contributed by atoms with Gasteiger partial charge in [-0.1, -0.05) is 0 Å². The molecule has 2 saturated heterocycles. The van der Waals surface area contributed by atoms with E-state index in [2.05, 4.69) is 0 Å².